The van der Waals surface area contributed by atoms with Crippen LogP contribution in [0.25, 0.3) is 0 Å². The van der Waals surface area contributed by atoms with Gasteiger partial charge in [-0.05, 0) is 23.4 Å². The summed E-state index contributed by atoms with van der Waals surface area (Å²) in [5.74, 6) is 0.609. The maximum absolute atomic E-state index is 12.2. The van der Waals surface area contributed by atoms with Crippen molar-refractivity contribution in [1.29, 1.82) is 0 Å². The van der Waals surface area contributed by atoms with E-state index in [-0.39, 0.29) is 5.91 Å². The number of nitrogens with zero attached hydrogens (tertiary/aromatic N) is 1. The highest BCUT2D eigenvalue weighted by molar-refractivity contribution is 7.08. The second-order valence-electron chi connectivity index (χ2n) is 5.42. The van der Waals surface area contributed by atoms with E-state index >= 15 is 0 Å². The molecule has 3 nitrogen and oxygen atoms in total. The molecule has 0 spiro atoms. The monoisotopic (exact) mass is 301 g/mol. The van der Waals surface area contributed by atoms with Crippen molar-refractivity contribution in [2.45, 2.75) is 13.0 Å². The van der Waals surface area contributed by atoms with E-state index in [1.807, 2.05) is 39.9 Å². The third kappa shape index (κ3) is 3.71. The van der Waals surface area contributed by atoms with Crippen molar-refractivity contribution >= 4 is 17.2 Å². The Labute approximate surface area is 129 Å². The smallest absolute Gasteiger partial charge is 0.254 e. The lowest BCUT2D eigenvalue weighted by molar-refractivity contribution is 0.0733. The van der Waals surface area contributed by atoms with Crippen LogP contribution < -0.4 is 0 Å². The molecular weight excluding hydrogens is 282 g/mol. The van der Waals surface area contributed by atoms with Gasteiger partial charge in [-0.25, -0.2) is 0 Å². The fraction of sp³-hybridized carbons (Fsp3) is 0.353. The van der Waals surface area contributed by atoms with Gasteiger partial charge in [0.1, 0.15) is 0 Å². The van der Waals surface area contributed by atoms with Crippen molar-refractivity contribution in [3.05, 3.63) is 58.3 Å². The maximum atomic E-state index is 12.2. The molecule has 0 aliphatic carbocycles. The van der Waals surface area contributed by atoms with Crippen LogP contribution in [0.1, 0.15) is 22.3 Å². The molecule has 1 aliphatic heterocycles. The second kappa shape index (κ2) is 6.87. The van der Waals surface area contributed by atoms with Crippen molar-refractivity contribution in [3.63, 3.8) is 0 Å². The molecule has 0 saturated carbocycles. The lowest BCUT2D eigenvalue weighted by atomic mass is 10.1. The highest BCUT2D eigenvalue weighted by Crippen LogP contribution is 2.20. The number of carbonyl (C=O) groups excluding carboxylic acids is 1. The highest BCUT2D eigenvalue weighted by Gasteiger charge is 2.27. The quantitative estimate of drug-likeness (QED) is 0.847. The molecule has 1 saturated heterocycles. The van der Waals surface area contributed by atoms with E-state index in [0.717, 1.165) is 31.7 Å². The summed E-state index contributed by atoms with van der Waals surface area (Å²) in [6, 6.07) is 12.1. The third-order valence-corrected chi connectivity index (χ3v) is 4.49. The lowest BCUT2D eigenvalue weighted by Gasteiger charge is -2.16. The van der Waals surface area contributed by atoms with Gasteiger partial charge in [0.05, 0.1) is 18.8 Å². The van der Waals surface area contributed by atoms with Crippen molar-refractivity contribution in [2.24, 2.45) is 5.92 Å². The summed E-state index contributed by atoms with van der Waals surface area (Å²) < 4.78 is 5.79. The number of amides is 1. The number of hydrogen-bond acceptors (Lipinski definition) is 3. The predicted octanol–water partition coefficient (Wildman–Crippen LogP) is 3.43. The van der Waals surface area contributed by atoms with Gasteiger partial charge < -0.3 is 9.64 Å². The molecule has 1 aliphatic rings. The number of benzene rings is 1. The Morgan fingerprint density at radius 1 is 1.29 bits per heavy atom. The van der Waals surface area contributed by atoms with Gasteiger partial charge in [0, 0.05) is 24.4 Å². The maximum Gasteiger partial charge on any atom is 0.254 e. The summed E-state index contributed by atoms with van der Waals surface area (Å²) in [4.78, 5) is 14.2. The fourth-order valence-electron chi connectivity index (χ4n) is 2.64. The van der Waals surface area contributed by atoms with Crippen LogP contribution in [-0.2, 0) is 11.3 Å². The summed E-state index contributed by atoms with van der Waals surface area (Å²) in [6.07, 6.45) is 1.03. The number of rotatable bonds is 5. The summed E-state index contributed by atoms with van der Waals surface area (Å²) in [6.45, 7) is 3.02. The van der Waals surface area contributed by atoms with Gasteiger partial charge in [-0.3, -0.25) is 4.79 Å². The minimum absolute atomic E-state index is 0.154. The molecular formula is C17H19NO2S. The van der Waals surface area contributed by atoms with E-state index in [4.69, 9.17) is 4.74 Å². The molecule has 1 aromatic heterocycles. The Kier molecular flexibility index (Phi) is 4.68. The molecule has 1 atom stereocenters. The first-order chi connectivity index (χ1) is 10.3. The highest BCUT2D eigenvalue weighted by atomic mass is 32.1. The lowest BCUT2D eigenvalue weighted by Crippen LogP contribution is -2.28. The Morgan fingerprint density at radius 3 is 2.90 bits per heavy atom. The van der Waals surface area contributed by atoms with Gasteiger partial charge in [0.15, 0.2) is 0 Å². The van der Waals surface area contributed by atoms with Crippen molar-refractivity contribution in [2.75, 3.05) is 19.7 Å². The van der Waals surface area contributed by atoms with E-state index < -0.39 is 0 Å². The number of thiophene rings is 1. The number of likely N-dealkylation sites (tertiary alicyclic amines) is 1. The van der Waals surface area contributed by atoms with Crippen LogP contribution in [-0.4, -0.2) is 30.5 Å². The van der Waals surface area contributed by atoms with Gasteiger partial charge in [-0.15, -0.1) is 0 Å². The summed E-state index contributed by atoms with van der Waals surface area (Å²) in [7, 11) is 0. The third-order valence-electron chi connectivity index (χ3n) is 3.81. The topological polar surface area (TPSA) is 29.5 Å². The zero-order chi connectivity index (χ0) is 14.5. The molecule has 3 rings (SSSR count). The van der Waals surface area contributed by atoms with E-state index in [1.165, 1.54) is 5.56 Å². The van der Waals surface area contributed by atoms with Crippen molar-refractivity contribution in [1.82, 2.24) is 4.90 Å². The van der Waals surface area contributed by atoms with Crippen LogP contribution in [0.15, 0.2) is 47.2 Å². The predicted molar refractivity (Wildman–Crippen MR) is 84.4 cm³/mol. The fourth-order valence-corrected chi connectivity index (χ4v) is 3.27. The Hall–Kier alpha value is -1.65. The van der Waals surface area contributed by atoms with E-state index in [0.29, 0.717) is 12.5 Å². The van der Waals surface area contributed by atoms with Crippen molar-refractivity contribution in [3.8, 4) is 0 Å². The average molecular weight is 301 g/mol. The molecule has 1 fully saturated rings. The second-order valence-corrected chi connectivity index (χ2v) is 6.20. The van der Waals surface area contributed by atoms with Gasteiger partial charge >= 0.3 is 0 Å². The van der Waals surface area contributed by atoms with Gasteiger partial charge in [0.2, 0.25) is 0 Å². The molecule has 1 amide bonds. The molecule has 1 aromatic carbocycles. The number of ether oxygens (including phenoxy) is 1. The molecule has 0 N–H and O–H groups in total. The van der Waals surface area contributed by atoms with Crippen LogP contribution in [0.3, 0.4) is 0 Å². The number of hydrogen-bond donors (Lipinski definition) is 0. The summed E-state index contributed by atoms with van der Waals surface area (Å²) in [5, 5.41) is 3.87. The SMILES string of the molecule is O=C(c1ccsc1)N1CC[C@H](COCc2ccccc2)C1. The van der Waals surface area contributed by atoms with Gasteiger partial charge in [0.25, 0.3) is 5.91 Å². The van der Waals surface area contributed by atoms with Crippen LogP contribution >= 0.6 is 11.3 Å². The van der Waals surface area contributed by atoms with Crippen LogP contribution in [0, 0.1) is 5.92 Å². The first-order valence-electron chi connectivity index (χ1n) is 7.26. The molecule has 0 bridgehead atoms. The minimum atomic E-state index is 0.154. The molecule has 110 valence electrons. The van der Waals surface area contributed by atoms with E-state index in [2.05, 4.69) is 12.1 Å². The summed E-state index contributed by atoms with van der Waals surface area (Å²) in [5.41, 5.74) is 2.01. The zero-order valence-corrected chi connectivity index (χ0v) is 12.7. The van der Waals surface area contributed by atoms with Crippen molar-refractivity contribution < 1.29 is 9.53 Å². The number of carbonyl (C=O) groups is 1. The summed E-state index contributed by atoms with van der Waals surface area (Å²) >= 11 is 1.57. The van der Waals surface area contributed by atoms with Crippen LogP contribution in [0.2, 0.25) is 0 Å². The first-order valence-corrected chi connectivity index (χ1v) is 8.20. The molecule has 0 radical (unpaired) electrons. The Morgan fingerprint density at radius 2 is 2.14 bits per heavy atom. The standard InChI is InChI=1S/C17H19NO2S/c19-17(16-7-9-21-13-16)18-8-6-15(10-18)12-20-11-14-4-2-1-3-5-14/h1-5,7,9,13,15H,6,8,10-12H2/t15-/m0/s1. The Bertz CT molecular complexity index is 568. The van der Waals surface area contributed by atoms with Gasteiger partial charge in [-0.1, -0.05) is 30.3 Å². The Balaban J connectivity index is 1.44. The minimum Gasteiger partial charge on any atom is -0.376 e. The molecule has 0 unspecified atom stereocenters. The molecule has 4 heteroatoms. The molecule has 2 aromatic rings. The van der Waals surface area contributed by atoms with Crippen LogP contribution in [0.4, 0.5) is 0 Å². The average Bonchev–Trinajstić information content (AvgIpc) is 3.19. The zero-order valence-electron chi connectivity index (χ0n) is 11.9. The first kappa shape index (κ1) is 14.3. The van der Waals surface area contributed by atoms with Crippen LogP contribution in [0.5, 0.6) is 0 Å². The molecule has 21 heavy (non-hydrogen) atoms. The van der Waals surface area contributed by atoms with E-state index in [9.17, 15) is 4.79 Å². The van der Waals surface area contributed by atoms with Gasteiger partial charge in [-0.2, -0.15) is 11.3 Å². The molecule has 2 heterocycles. The normalized spacial score (nSPS) is 18.1. The van der Waals surface area contributed by atoms with E-state index in [1.54, 1.807) is 11.3 Å². The largest absolute Gasteiger partial charge is 0.376 e.